The minimum absolute atomic E-state index is 0.345. The van der Waals surface area contributed by atoms with Gasteiger partial charge in [0.1, 0.15) is 0 Å². The van der Waals surface area contributed by atoms with E-state index in [1.165, 1.54) is 83.5 Å². The van der Waals surface area contributed by atoms with E-state index in [0.717, 1.165) is 18.9 Å². The summed E-state index contributed by atoms with van der Waals surface area (Å²) in [4.78, 5) is 10.3. The first-order valence-electron chi connectivity index (χ1n) is 10.6. The predicted octanol–water partition coefficient (Wildman–Crippen LogP) is 6.39. The molecule has 0 rings (SSSR count). The van der Waals surface area contributed by atoms with Crippen LogP contribution in [0.2, 0.25) is 0 Å². The van der Waals surface area contributed by atoms with Crippen molar-refractivity contribution in [3.63, 3.8) is 0 Å². The van der Waals surface area contributed by atoms with Crippen LogP contribution in [0.25, 0.3) is 0 Å². The van der Waals surface area contributed by atoms with Crippen molar-refractivity contribution in [2.24, 2.45) is 0 Å². The van der Waals surface area contributed by atoms with E-state index in [1.54, 1.807) is 0 Å². The van der Waals surface area contributed by atoms with Crippen LogP contribution in [0.5, 0.6) is 0 Å². The van der Waals surface area contributed by atoms with Gasteiger partial charge in [-0.25, -0.2) is 0 Å². The van der Waals surface area contributed by atoms with Gasteiger partial charge in [0.15, 0.2) is 0 Å². The summed E-state index contributed by atoms with van der Waals surface area (Å²) in [7, 11) is -3.79. The van der Waals surface area contributed by atoms with Gasteiger partial charge in [0.05, 0.1) is 5.75 Å². The zero-order valence-corrected chi connectivity index (χ0v) is 18.1. The second-order valence-electron chi connectivity index (χ2n) is 7.13. The van der Waals surface area contributed by atoms with Gasteiger partial charge >= 0.3 is 5.97 Å². The number of hydrogen-bond acceptors (Lipinski definition) is 3. The van der Waals surface area contributed by atoms with E-state index in [0.29, 0.717) is 6.42 Å². The van der Waals surface area contributed by atoms with Crippen molar-refractivity contribution in [2.45, 2.75) is 110 Å². The van der Waals surface area contributed by atoms with Gasteiger partial charge in [-0.3, -0.25) is 9.35 Å². The molecule has 162 valence electrons. The highest BCUT2D eigenvalue weighted by Gasteiger charge is 1.97. The lowest BCUT2D eigenvalue weighted by atomic mass is 10.0. The van der Waals surface area contributed by atoms with Crippen molar-refractivity contribution in [3.05, 3.63) is 12.7 Å². The molecule has 27 heavy (non-hydrogen) atoms. The maximum Gasteiger partial charge on any atom is 0.303 e. The van der Waals surface area contributed by atoms with E-state index >= 15 is 0 Å². The molecule has 0 aliphatic carbocycles. The summed E-state index contributed by atoms with van der Waals surface area (Å²) in [6.45, 7) is 5.38. The summed E-state index contributed by atoms with van der Waals surface area (Å²) in [5, 5.41) is 8.52. The summed E-state index contributed by atoms with van der Waals surface area (Å²) in [5.41, 5.74) is 0. The molecule has 0 spiro atoms. The third-order valence-electron chi connectivity index (χ3n) is 4.32. The van der Waals surface area contributed by atoms with E-state index in [1.807, 2.05) is 0 Å². The highest BCUT2D eigenvalue weighted by atomic mass is 32.2. The molecule has 2 N–H and O–H groups in total. The number of unbranched alkanes of at least 4 members (excludes halogenated alkanes) is 14. The minimum atomic E-state index is -3.79. The van der Waals surface area contributed by atoms with Crippen molar-refractivity contribution in [2.75, 3.05) is 5.75 Å². The van der Waals surface area contributed by atoms with Gasteiger partial charge in [-0.15, -0.1) is 6.58 Å². The van der Waals surface area contributed by atoms with Crippen molar-refractivity contribution in [1.82, 2.24) is 0 Å². The molecule has 0 saturated carbocycles. The zero-order valence-electron chi connectivity index (χ0n) is 17.3. The molecule has 0 unspecified atom stereocenters. The Morgan fingerprint density at radius 1 is 0.778 bits per heavy atom. The van der Waals surface area contributed by atoms with Gasteiger partial charge in [0.25, 0.3) is 10.1 Å². The molecular formula is C21H42O5S. The SMILES string of the molecule is C=CCS(=O)(=O)O.CCCCCCCCCCCCCCCCCC(=O)O. The standard InChI is InChI=1S/C18H36O2.C3H6O3S/c1-2-3-4-5-6-7-8-9-10-11-12-13-14-15-16-17-18(19)20;1-2-3-7(4,5)6/h2-17H2,1H3,(H,19,20);2H,1,3H2,(H,4,5,6). The van der Waals surface area contributed by atoms with E-state index in [2.05, 4.69) is 13.5 Å². The van der Waals surface area contributed by atoms with Crippen LogP contribution < -0.4 is 0 Å². The van der Waals surface area contributed by atoms with Gasteiger partial charge in [-0.05, 0) is 6.42 Å². The lowest BCUT2D eigenvalue weighted by molar-refractivity contribution is -0.137. The molecule has 0 bridgehead atoms. The average molecular weight is 407 g/mol. The van der Waals surface area contributed by atoms with Crippen molar-refractivity contribution in [1.29, 1.82) is 0 Å². The first kappa shape index (κ1) is 28.3. The van der Waals surface area contributed by atoms with Crippen LogP contribution in [0.15, 0.2) is 12.7 Å². The molecule has 0 aliphatic heterocycles. The van der Waals surface area contributed by atoms with Gasteiger partial charge in [0, 0.05) is 6.42 Å². The number of carbonyl (C=O) groups is 1. The third-order valence-corrected chi connectivity index (χ3v) is 4.98. The Hall–Kier alpha value is -0.880. The molecule has 0 amide bonds. The van der Waals surface area contributed by atoms with Crippen molar-refractivity contribution in [3.8, 4) is 0 Å². The second kappa shape index (κ2) is 21.4. The first-order valence-corrected chi connectivity index (χ1v) is 12.2. The summed E-state index contributed by atoms with van der Waals surface area (Å²) in [6, 6.07) is 0. The van der Waals surface area contributed by atoms with Crippen LogP contribution in [-0.2, 0) is 14.9 Å². The molecule has 5 nitrogen and oxygen atoms in total. The molecule has 0 fully saturated rings. The number of rotatable bonds is 18. The van der Waals surface area contributed by atoms with Crippen molar-refractivity contribution < 1.29 is 22.9 Å². The Morgan fingerprint density at radius 2 is 1.11 bits per heavy atom. The van der Waals surface area contributed by atoms with Gasteiger partial charge < -0.3 is 5.11 Å². The average Bonchev–Trinajstić information content (AvgIpc) is 2.57. The van der Waals surface area contributed by atoms with E-state index in [9.17, 15) is 13.2 Å². The number of aliphatic carboxylic acids is 1. The Labute approximate surface area is 167 Å². The minimum Gasteiger partial charge on any atom is -0.481 e. The molecule has 0 radical (unpaired) electrons. The van der Waals surface area contributed by atoms with Crippen LogP contribution in [0.3, 0.4) is 0 Å². The first-order chi connectivity index (χ1) is 12.8. The van der Waals surface area contributed by atoms with Crippen LogP contribution in [0.4, 0.5) is 0 Å². The zero-order chi connectivity index (χ0) is 20.8. The smallest absolute Gasteiger partial charge is 0.303 e. The number of carboxylic acids is 1. The Morgan fingerprint density at radius 3 is 1.33 bits per heavy atom. The molecule has 6 heteroatoms. The topological polar surface area (TPSA) is 91.7 Å². The van der Waals surface area contributed by atoms with Crippen LogP contribution in [0, 0.1) is 0 Å². The molecule has 0 aromatic rings. The Bertz CT molecular complexity index is 432. The number of hydrogen-bond donors (Lipinski definition) is 2. The quantitative estimate of drug-likeness (QED) is 0.156. The Balaban J connectivity index is 0. The highest BCUT2D eigenvalue weighted by Crippen LogP contribution is 2.13. The summed E-state index contributed by atoms with van der Waals surface area (Å²) >= 11 is 0. The second-order valence-corrected chi connectivity index (χ2v) is 8.63. The number of carboxylic acid groups (broad SMARTS) is 1. The molecule has 0 aliphatic rings. The third kappa shape index (κ3) is 33.2. The van der Waals surface area contributed by atoms with Gasteiger partial charge in [-0.1, -0.05) is 103 Å². The predicted molar refractivity (Wildman–Crippen MR) is 114 cm³/mol. The lowest BCUT2D eigenvalue weighted by Gasteiger charge is -2.03. The fourth-order valence-electron chi connectivity index (χ4n) is 2.80. The molecule has 0 aromatic heterocycles. The van der Waals surface area contributed by atoms with Crippen LogP contribution >= 0.6 is 0 Å². The fourth-order valence-corrected chi connectivity index (χ4v) is 3.09. The van der Waals surface area contributed by atoms with E-state index < -0.39 is 16.1 Å². The molecule has 0 atom stereocenters. The van der Waals surface area contributed by atoms with Crippen LogP contribution in [-0.4, -0.2) is 29.8 Å². The molecule has 0 aromatic carbocycles. The normalized spacial score (nSPS) is 10.9. The maximum absolute atomic E-state index is 10.3. The monoisotopic (exact) mass is 406 g/mol. The fraction of sp³-hybridized carbons (Fsp3) is 0.857. The molecule has 0 saturated heterocycles. The van der Waals surface area contributed by atoms with E-state index in [-0.39, 0.29) is 5.75 Å². The molecule has 0 heterocycles. The van der Waals surface area contributed by atoms with Gasteiger partial charge in [-0.2, -0.15) is 8.42 Å². The summed E-state index contributed by atoms with van der Waals surface area (Å²) in [6.07, 6.45) is 21.3. The van der Waals surface area contributed by atoms with Crippen LogP contribution in [0.1, 0.15) is 110 Å². The Kier molecular flexibility index (Phi) is 22.5. The van der Waals surface area contributed by atoms with Gasteiger partial charge in [0.2, 0.25) is 0 Å². The summed E-state index contributed by atoms with van der Waals surface area (Å²) in [5.74, 6) is -1.02. The summed E-state index contributed by atoms with van der Waals surface area (Å²) < 4.78 is 27.3. The highest BCUT2D eigenvalue weighted by molar-refractivity contribution is 7.85. The largest absolute Gasteiger partial charge is 0.481 e. The van der Waals surface area contributed by atoms with E-state index in [4.69, 9.17) is 9.66 Å². The maximum atomic E-state index is 10.3. The van der Waals surface area contributed by atoms with Crippen molar-refractivity contribution >= 4 is 16.1 Å². The lowest BCUT2D eigenvalue weighted by Crippen LogP contribution is -1.99. The molecular weight excluding hydrogens is 364 g/mol.